The predicted octanol–water partition coefficient (Wildman–Crippen LogP) is 1.80. The van der Waals surface area contributed by atoms with Crippen molar-refractivity contribution in [2.45, 2.75) is 39.7 Å². The molecule has 0 bridgehead atoms. The second kappa shape index (κ2) is 6.38. The van der Waals surface area contributed by atoms with Crippen molar-refractivity contribution in [2.24, 2.45) is 11.3 Å². The van der Waals surface area contributed by atoms with E-state index in [2.05, 4.69) is 20.8 Å². The quantitative estimate of drug-likeness (QED) is 0.755. The van der Waals surface area contributed by atoms with Crippen LogP contribution in [0.4, 0.5) is 4.79 Å². The maximum absolute atomic E-state index is 11.2. The second-order valence-corrected chi connectivity index (χ2v) is 6.05. The highest BCUT2D eigenvalue weighted by atomic mass is 16.5. The molecule has 2 atom stereocenters. The zero-order chi connectivity index (χ0) is 13.8. The fraction of sp³-hybridized carbons (Fsp3) is 0.923. The minimum Gasteiger partial charge on any atom is -0.465 e. The lowest BCUT2D eigenvalue weighted by atomic mass is 9.77. The van der Waals surface area contributed by atoms with E-state index in [1.54, 1.807) is 4.90 Å². The van der Waals surface area contributed by atoms with E-state index in [4.69, 9.17) is 9.84 Å². The Morgan fingerprint density at radius 3 is 2.61 bits per heavy atom. The first-order chi connectivity index (χ1) is 8.36. The first kappa shape index (κ1) is 15.2. The first-order valence-electron chi connectivity index (χ1n) is 6.54. The molecule has 1 saturated heterocycles. The maximum atomic E-state index is 11.2. The molecule has 1 fully saturated rings. The fourth-order valence-electron chi connectivity index (χ4n) is 2.55. The highest BCUT2D eigenvalue weighted by Crippen LogP contribution is 2.34. The van der Waals surface area contributed by atoms with Gasteiger partial charge in [0.1, 0.15) is 0 Å². The number of piperidine rings is 1. The Morgan fingerprint density at radius 1 is 1.44 bits per heavy atom. The van der Waals surface area contributed by atoms with E-state index >= 15 is 0 Å². The third-order valence-corrected chi connectivity index (χ3v) is 3.55. The Kier molecular flexibility index (Phi) is 5.41. The molecule has 2 unspecified atom stereocenters. The van der Waals surface area contributed by atoms with Crippen LogP contribution in [0, 0.1) is 11.3 Å². The summed E-state index contributed by atoms with van der Waals surface area (Å²) in [6.07, 6.45) is 0.843. The molecule has 0 aliphatic carbocycles. The SMILES string of the molecule is CC(C)(C)C1CC(COCCO)CCN1C(=O)O. The van der Waals surface area contributed by atoms with Crippen molar-refractivity contribution in [1.82, 2.24) is 4.90 Å². The molecule has 18 heavy (non-hydrogen) atoms. The summed E-state index contributed by atoms with van der Waals surface area (Å²) < 4.78 is 5.36. The van der Waals surface area contributed by atoms with Crippen molar-refractivity contribution >= 4 is 6.09 Å². The molecule has 5 nitrogen and oxygen atoms in total. The summed E-state index contributed by atoms with van der Waals surface area (Å²) in [5.41, 5.74) is -0.0615. The van der Waals surface area contributed by atoms with Crippen LogP contribution in [0.5, 0.6) is 0 Å². The lowest BCUT2D eigenvalue weighted by Crippen LogP contribution is -2.52. The van der Waals surface area contributed by atoms with Gasteiger partial charge in [0.2, 0.25) is 0 Å². The number of aliphatic hydroxyl groups excluding tert-OH is 1. The number of rotatable bonds is 4. The molecule has 1 heterocycles. The van der Waals surface area contributed by atoms with Crippen molar-refractivity contribution < 1.29 is 19.7 Å². The number of likely N-dealkylation sites (tertiary alicyclic amines) is 1. The number of hydrogen-bond donors (Lipinski definition) is 2. The Morgan fingerprint density at radius 2 is 2.11 bits per heavy atom. The van der Waals surface area contributed by atoms with E-state index in [1.165, 1.54) is 0 Å². The van der Waals surface area contributed by atoms with E-state index in [9.17, 15) is 9.90 Å². The molecule has 1 rings (SSSR count). The zero-order valence-corrected chi connectivity index (χ0v) is 11.6. The molecule has 1 aliphatic heterocycles. The second-order valence-electron chi connectivity index (χ2n) is 6.05. The number of nitrogens with zero attached hydrogens (tertiary/aromatic N) is 1. The van der Waals surface area contributed by atoms with Gasteiger partial charge in [-0.3, -0.25) is 0 Å². The molecule has 0 saturated carbocycles. The Hall–Kier alpha value is -0.810. The number of amides is 1. The van der Waals surface area contributed by atoms with Gasteiger partial charge in [-0.25, -0.2) is 4.79 Å². The average Bonchev–Trinajstić information content (AvgIpc) is 2.28. The summed E-state index contributed by atoms with van der Waals surface area (Å²) in [5, 5.41) is 17.9. The largest absolute Gasteiger partial charge is 0.465 e. The van der Waals surface area contributed by atoms with Crippen molar-refractivity contribution in [3.05, 3.63) is 0 Å². The van der Waals surface area contributed by atoms with Crippen LogP contribution in [-0.4, -0.2) is 53.6 Å². The summed E-state index contributed by atoms with van der Waals surface area (Å²) in [7, 11) is 0. The van der Waals surface area contributed by atoms with Gasteiger partial charge in [-0.2, -0.15) is 0 Å². The molecule has 1 aliphatic rings. The molecule has 0 radical (unpaired) electrons. The topological polar surface area (TPSA) is 70.0 Å². The molecule has 0 spiro atoms. The van der Waals surface area contributed by atoms with Crippen molar-refractivity contribution in [3.63, 3.8) is 0 Å². The number of carbonyl (C=O) groups is 1. The third kappa shape index (κ3) is 4.14. The molecule has 1 amide bonds. The normalized spacial score (nSPS) is 25.2. The van der Waals surface area contributed by atoms with Crippen LogP contribution < -0.4 is 0 Å². The summed E-state index contributed by atoms with van der Waals surface area (Å²) >= 11 is 0. The van der Waals surface area contributed by atoms with E-state index in [-0.39, 0.29) is 18.1 Å². The van der Waals surface area contributed by atoms with Crippen LogP contribution in [0.1, 0.15) is 33.6 Å². The van der Waals surface area contributed by atoms with E-state index in [0.29, 0.717) is 25.7 Å². The molecular formula is C13H25NO4. The number of ether oxygens (including phenoxy) is 1. The number of carboxylic acid groups (broad SMARTS) is 1. The van der Waals surface area contributed by atoms with Crippen LogP contribution in [0.25, 0.3) is 0 Å². The molecule has 0 aromatic heterocycles. The Balaban J connectivity index is 2.59. The predicted molar refractivity (Wildman–Crippen MR) is 68.6 cm³/mol. The van der Waals surface area contributed by atoms with Crippen LogP contribution in [0.15, 0.2) is 0 Å². The monoisotopic (exact) mass is 259 g/mol. The number of hydrogen-bond acceptors (Lipinski definition) is 3. The van der Waals surface area contributed by atoms with Gasteiger partial charge in [-0.05, 0) is 24.2 Å². The van der Waals surface area contributed by atoms with Gasteiger partial charge in [-0.1, -0.05) is 20.8 Å². The van der Waals surface area contributed by atoms with Crippen molar-refractivity contribution in [1.29, 1.82) is 0 Å². The van der Waals surface area contributed by atoms with Crippen LogP contribution in [0.2, 0.25) is 0 Å². The minimum atomic E-state index is -0.829. The van der Waals surface area contributed by atoms with E-state index < -0.39 is 6.09 Å². The molecule has 2 N–H and O–H groups in total. The lowest BCUT2D eigenvalue weighted by Gasteiger charge is -2.44. The van der Waals surface area contributed by atoms with Crippen molar-refractivity contribution in [3.8, 4) is 0 Å². The summed E-state index contributed by atoms with van der Waals surface area (Å²) in [4.78, 5) is 12.8. The lowest BCUT2D eigenvalue weighted by molar-refractivity contribution is 0.00450. The summed E-state index contributed by atoms with van der Waals surface area (Å²) in [6, 6.07) is 0.0338. The molecule has 106 valence electrons. The van der Waals surface area contributed by atoms with Gasteiger partial charge in [-0.15, -0.1) is 0 Å². The van der Waals surface area contributed by atoms with Gasteiger partial charge in [0, 0.05) is 19.2 Å². The average molecular weight is 259 g/mol. The van der Waals surface area contributed by atoms with Crippen LogP contribution >= 0.6 is 0 Å². The van der Waals surface area contributed by atoms with E-state index in [1.807, 2.05) is 0 Å². The highest BCUT2D eigenvalue weighted by molar-refractivity contribution is 5.65. The van der Waals surface area contributed by atoms with Crippen LogP contribution in [-0.2, 0) is 4.74 Å². The van der Waals surface area contributed by atoms with Crippen LogP contribution in [0.3, 0.4) is 0 Å². The maximum Gasteiger partial charge on any atom is 0.407 e. The minimum absolute atomic E-state index is 0.0338. The number of aliphatic hydroxyl groups is 1. The fourth-order valence-corrected chi connectivity index (χ4v) is 2.55. The molecule has 5 heteroatoms. The standard InChI is InChI=1S/C13H25NO4/c1-13(2,3)11-8-10(9-18-7-6-15)4-5-14(11)12(16)17/h10-11,15H,4-9H2,1-3H3,(H,16,17). The Labute approximate surface area is 109 Å². The van der Waals surface area contributed by atoms with Gasteiger partial charge < -0.3 is 19.8 Å². The van der Waals surface area contributed by atoms with Gasteiger partial charge in [0.15, 0.2) is 0 Å². The first-order valence-corrected chi connectivity index (χ1v) is 6.54. The summed E-state index contributed by atoms with van der Waals surface area (Å²) in [6.45, 7) is 7.81. The summed E-state index contributed by atoms with van der Waals surface area (Å²) in [5.74, 6) is 0.386. The molecule has 0 aromatic carbocycles. The van der Waals surface area contributed by atoms with Gasteiger partial charge in [0.05, 0.1) is 13.2 Å². The highest BCUT2D eigenvalue weighted by Gasteiger charge is 2.38. The van der Waals surface area contributed by atoms with E-state index in [0.717, 1.165) is 12.8 Å². The third-order valence-electron chi connectivity index (χ3n) is 3.55. The zero-order valence-electron chi connectivity index (χ0n) is 11.6. The van der Waals surface area contributed by atoms with Gasteiger partial charge in [0.25, 0.3) is 0 Å². The molecular weight excluding hydrogens is 234 g/mol. The molecule has 0 aromatic rings. The Bertz CT molecular complexity index is 275. The van der Waals surface area contributed by atoms with Crippen molar-refractivity contribution in [2.75, 3.05) is 26.4 Å². The van der Waals surface area contributed by atoms with Gasteiger partial charge >= 0.3 is 6.09 Å². The smallest absolute Gasteiger partial charge is 0.407 e.